The highest BCUT2D eigenvalue weighted by Gasteiger charge is 2.21. The van der Waals surface area contributed by atoms with E-state index < -0.39 is 9.05 Å². The molecule has 0 radical (unpaired) electrons. The summed E-state index contributed by atoms with van der Waals surface area (Å²) in [4.78, 5) is 0.184. The number of rotatable bonds is 1. The highest BCUT2D eigenvalue weighted by atomic mass is 35.7. The van der Waals surface area contributed by atoms with Gasteiger partial charge in [0.2, 0.25) is 0 Å². The molecule has 0 bridgehead atoms. The molecule has 0 spiro atoms. The van der Waals surface area contributed by atoms with E-state index >= 15 is 0 Å². The van der Waals surface area contributed by atoms with Crippen molar-refractivity contribution in [1.82, 2.24) is 0 Å². The zero-order chi connectivity index (χ0) is 10.3. The van der Waals surface area contributed by atoms with Crippen molar-refractivity contribution >= 4 is 19.7 Å². The van der Waals surface area contributed by atoms with Gasteiger partial charge in [0, 0.05) is 22.7 Å². The molecule has 14 heavy (non-hydrogen) atoms. The molecule has 1 heterocycles. The Bertz CT molecular complexity index is 479. The molecule has 0 N–H and O–H groups in total. The number of benzene rings is 1. The van der Waals surface area contributed by atoms with Crippen LogP contribution in [0.15, 0.2) is 17.0 Å². The van der Waals surface area contributed by atoms with Gasteiger partial charge in [-0.2, -0.15) is 0 Å². The zero-order valence-corrected chi connectivity index (χ0v) is 9.15. The molecular weight excluding hydrogens is 224 g/mol. The van der Waals surface area contributed by atoms with Crippen molar-refractivity contribution < 1.29 is 13.2 Å². The van der Waals surface area contributed by atoms with Gasteiger partial charge in [0.25, 0.3) is 9.05 Å². The van der Waals surface area contributed by atoms with Gasteiger partial charge in [0.15, 0.2) is 0 Å². The fraction of sp³-hybridized carbons (Fsp3) is 0.333. The van der Waals surface area contributed by atoms with E-state index in [1.165, 1.54) is 6.07 Å². The van der Waals surface area contributed by atoms with Gasteiger partial charge in [-0.15, -0.1) is 0 Å². The van der Waals surface area contributed by atoms with Crippen LogP contribution in [0.2, 0.25) is 0 Å². The molecular formula is C9H9ClO3S. The van der Waals surface area contributed by atoms with Crippen molar-refractivity contribution in [2.45, 2.75) is 18.2 Å². The first kappa shape index (κ1) is 9.80. The molecule has 0 fully saturated rings. The molecule has 0 unspecified atom stereocenters. The molecule has 0 amide bonds. The van der Waals surface area contributed by atoms with Crippen LogP contribution in [0.1, 0.15) is 11.1 Å². The average Bonchev–Trinajstić information content (AvgIpc) is 2.50. The second-order valence-corrected chi connectivity index (χ2v) is 5.74. The van der Waals surface area contributed by atoms with Gasteiger partial charge in [0.1, 0.15) is 5.75 Å². The minimum Gasteiger partial charge on any atom is -0.493 e. The molecule has 1 aromatic carbocycles. The normalized spacial score (nSPS) is 15.0. The van der Waals surface area contributed by atoms with Crippen molar-refractivity contribution in [2.75, 3.05) is 6.61 Å². The first-order valence-electron chi connectivity index (χ1n) is 4.20. The Morgan fingerprint density at radius 1 is 1.43 bits per heavy atom. The maximum atomic E-state index is 11.2. The first-order valence-corrected chi connectivity index (χ1v) is 6.51. The van der Waals surface area contributed by atoms with Crippen molar-refractivity contribution in [3.8, 4) is 5.75 Å². The molecule has 1 aromatic rings. The quantitative estimate of drug-likeness (QED) is 0.695. The number of hydrogen-bond acceptors (Lipinski definition) is 3. The van der Waals surface area contributed by atoms with Crippen LogP contribution in [0.25, 0.3) is 0 Å². The molecule has 1 aliphatic heterocycles. The van der Waals surface area contributed by atoms with Gasteiger partial charge in [-0.3, -0.25) is 0 Å². The van der Waals surface area contributed by atoms with Crippen molar-refractivity contribution in [1.29, 1.82) is 0 Å². The van der Waals surface area contributed by atoms with Gasteiger partial charge in [-0.1, -0.05) is 0 Å². The molecule has 0 saturated heterocycles. The van der Waals surface area contributed by atoms with E-state index in [1.807, 2.05) is 0 Å². The van der Waals surface area contributed by atoms with Gasteiger partial charge in [0.05, 0.1) is 11.5 Å². The Morgan fingerprint density at radius 3 is 2.79 bits per heavy atom. The average molecular weight is 233 g/mol. The fourth-order valence-electron chi connectivity index (χ4n) is 1.68. The third kappa shape index (κ3) is 1.48. The Hall–Kier alpha value is -0.740. The summed E-state index contributed by atoms with van der Waals surface area (Å²) in [6.45, 7) is 2.37. The number of ether oxygens (including phenoxy) is 1. The molecule has 3 nitrogen and oxygen atoms in total. The monoisotopic (exact) mass is 232 g/mol. The van der Waals surface area contributed by atoms with Crippen LogP contribution < -0.4 is 4.74 Å². The predicted molar refractivity (Wildman–Crippen MR) is 53.4 cm³/mol. The van der Waals surface area contributed by atoms with Crippen LogP contribution in [-0.4, -0.2) is 15.0 Å². The Balaban J connectivity index is 2.68. The number of halogens is 1. The van der Waals surface area contributed by atoms with Crippen LogP contribution in [0.4, 0.5) is 0 Å². The lowest BCUT2D eigenvalue weighted by Crippen LogP contribution is -1.97. The lowest BCUT2D eigenvalue weighted by molar-refractivity contribution is 0.356. The highest BCUT2D eigenvalue weighted by Crippen LogP contribution is 2.33. The number of fused-ring (bicyclic) bond motifs is 1. The van der Waals surface area contributed by atoms with Crippen LogP contribution >= 0.6 is 10.7 Å². The van der Waals surface area contributed by atoms with Crippen LogP contribution in [0.5, 0.6) is 5.75 Å². The summed E-state index contributed by atoms with van der Waals surface area (Å²) in [7, 11) is 1.66. The molecule has 5 heteroatoms. The minimum absolute atomic E-state index is 0.184. The summed E-state index contributed by atoms with van der Waals surface area (Å²) in [5.41, 5.74) is 1.65. The molecule has 0 aromatic heterocycles. The second kappa shape index (κ2) is 3.14. The molecule has 0 atom stereocenters. The first-order chi connectivity index (χ1) is 6.50. The lowest BCUT2D eigenvalue weighted by Gasteiger charge is -2.06. The van der Waals surface area contributed by atoms with Gasteiger partial charge >= 0.3 is 0 Å². The Morgan fingerprint density at radius 2 is 2.14 bits per heavy atom. The lowest BCUT2D eigenvalue weighted by atomic mass is 10.1. The van der Waals surface area contributed by atoms with E-state index in [1.54, 1.807) is 13.0 Å². The highest BCUT2D eigenvalue weighted by molar-refractivity contribution is 8.13. The second-order valence-electron chi connectivity index (χ2n) is 3.20. The molecule has 2 rings (SSSR count). The van der Waals surface area contributed by atoms with E-state index in [9.17, 15) is 8.42 Å². The van der Waals surface area contributed by atoms with Crippen LogP contribution in [0.3, 0.4) is 0 Å². The van der Waals surface area contributed by atoms with E-state index in [4.69, 9.17) is 15.4 Å². The fourth-order valence-corrected chi connectivity index (χ4v) is 2.90. The maximum Gasteiger partial charge on any atom is 0.261 e. The van der Waals surface area contributed by atoms with Crippen LogP contribution in [0, 0.1) is 6.92 Å². The standard InChI is InChI=1S/C9H9ClO3S/c1-6-7-4-5-13-8(7)2-3-9(6)14(10,11)12/h2-3H,4-5H2,1H3. The SMILES string of the molecule is Cc1c(S(=O)(=O)Cl)ccc2c1CCO2. The largest absolute Gasteiger partial charge is 0.493 e. The van der Waals surface area contributed by atoms with E-state index in [0.717, 1.165) is 17.7 Å². The summed E-state index contributed by atoms with van der Waals surface area (Å²) in [5.74, 6) is 0.770. The zero-order valence-electron chi connectivity index (χ0n) is 7.58. The maximum absolute atomic E-state index is 11.2. The van der Waals surface area contributed by atoms with Crippen molar-refractivity contribution in [3.63, 3.8) is 0 Å². The van der Waals surface area contributed by atoms with Crippen molar-refractivity contribution in [2.24, 2.45) is 0 Å². The summed E-state index contributed by atoms with van der Waals surface area (Å²) in [6, 6.07) is 3.15. The summed E-state index contributed by atoms with van der Waals surface area (Å²) in [6.07, 6.45) is 0.751. The van der Waals surface area contributed by atoms with Gasteiger partial charge < -0.3 is 4.74 Å². The molecule has 0 aliphatic carbocycles. The topological polar surface area (TPSA) is 43.4 Å². The van der Waals surface area contributed by atoms with E-state index in [2.05, 4.69) is 0 Å². The third-order valence-electron chi connectivity index (χ3n) is 2.38. The third-order valence-corrected chi connectivity index (χ3v) is 3.84. The predicted octanol–water partition coefficient (Wildman–Crippen LogP) is 1.86. The summed E-state index contributed by atoms with van der Waals surface area (Å²) < 4.78 is 27.7. The number of hydrogen-bond donors (Lipinski definition) is 0. The molecule has 76 valence electrons. The summed E-state index contributed by atoms with van der Waals surface area (Å²) in [5, 5.41) is 0. The summed E-state index contributed by atoms with van der Waals surface area (Å²) >= 11 is 0. The van der Waals surface area contributed by atoms with E-state index in [-0.39, 0.29) is 4.90 Å². The Labute approximate surface area is 87.1 Å². The van der Waals surface area contributed by atoms with E-state index in [0.29, 0.717) is 12.2 Å². The van der Waals surface area contributed by atoms with Gasteiger partial charge in [-0.25, -0.2) is 8.42 Å². The van der Waals surface area contributed by atoms with Crippen LogP contribution in [-0.2, 0) is 15.5 Å². The molecule has 1 aliphatic rings. The molecule has 0 saturated carbocycles. The van der Waals surface area contributed by atoms with Crippen molar-refractivity contribution in [3.05, 3.63) is 23.3 Å². The minimum atomic E-state index is -3.64. The van der Waals surface area contributed by atoms with Gasteiger partial charge in [-0.05, 0) is 24.6 Å². The Kier molecular flexibility index (Phi) is 2.20. The smallest absolute Gasteiger partial charge is 0.261 e.